The topological polar surface area (TPSA) is 116 Å². The molecule has 0 aliphatic carbocycles. The summed E-state index contributed by atoms with van der Waals surface area (Å²) in [6, 6.07) is 15.9. The van der Waals surface area contributed by atoms with E-state index in [2.05, 4.69) is 31.0 Å². The van der Waals surface area contributed by atoms with Crippen molar-refractivity contribution in [1.29, 1.82) is 0 Å². The Bertz CT molecular complexity index is 1190. The predicted molar refractivity (Wildman–Crippen MR) is 150 cm³/mol. The molecule has 2 heterocycles. The molecule has 2 N–H and O–H groups in total. The molecule has 1 fully saturated rings. The summed E-state index contributed by atoms with van der Waals surface area (Å²) in [7, 11) is 0. The largest absolute Gasteiger partial charge is 0.477 e. The second-order valence-corrected chi connectivity index (χ2v) is 10.1. The number of hydrogen-bond acceptors (Lipinski definition) is 7. The summed E-state index contributed by atoms with van der Waals surface area (Å²) in [4.78, 5) is 53.9. The van der Waals surface area contributed by atoms with E-state index in [-0.39, 0.29) is 5.70 Å². The van der Waals surface area contributed by atoms with Crippen LogP contribution in [0.15, 0.2) is 71.9 Å². The van der Waals surface area contributed by atoms with Gasteiger partial charge in [-0.15, -0.1) is 11.8 Å². The number of rotatable bonds is 9. The Morgan fingerprint density at radius 2 is 1.59 bits per heavy atom. The summed E-state index contributed by atoms with van der Waals surface area (Å²) >= 11 is 1.37. The molecule has 0 aromatic heterocycles. The lowest BCUT2D eigenvalue weighted by atomic mass is 9.96. The van der Waals surface area contributed by atoms with Crippen molar-refractivity contribution in [1.82, 2.24) is 15.1 Å². The van der Waals surface area contributed by atoms with Gasteiger partial charge in [0, 0.05) is 5.75 Å². The van der Waals surface area contributed by atoms with Crippen LogP contribution >= 0.6 is 11.8 Å². The summed E-state index contributed by atoms with van der Waals surface area (Å²) < 4.78 is 5.40. The molecule has 0 radical (unpaired) electrons. The lowest BCUT2D eigenvalue weighted by molar-refractivity contribution is -0.151. The quantitative estimate of drug-likeness (QED) is 0.210. The van der Waals surface area contributed by atoms with Crippen LogP contribution in [0.1, 0.15) is 39.2 Å². The first kappa shape index (κ1) is 29.9. The number of thioether (sulfide) groups is 1. The lowest BCUT2D eigenvalue weighted by Gasteiger charge is -2.49. The highest BCUT2D eigenvalue weighted by Crippen LogP contribution is 2.40. The van der Waals surface area contributed by atoms with Gasteiger partial charge < -0.3 is 20.1 Å². The molecule has 2 aromatic rings. The van der Waals surface area contributed by atoms with Gasteiger partial charge in [0.15, 0.2) is 5.92 Å². The molecular weight excluding hydrogens is 518 g/mol. The summed E-state index contributed by atoms with van der Waals surface area (Å²) in [5.74, 6) is -3.72. The molecule has 2 unspecified atom stereocenters. The molecular formula is C29H35N3O6S. The van der Waals surface area contributed by atoms with Crippen LogP contribution in [-0.2, 0) is 19.2 Å². The minimum atomic E-state index is -1.29. The van der Waals surface area contributed by atoms with Gasteiger partial charge in [-0.25, -0.2) is 4.79 Å². The number of carbonyl (C=O) groups excluding carboxylic acids is 3. The van der Waals surface area contributed by atoms with E-state index in [1.165, 1.54) is 36.3 Å². The third-order valence-electron chi connectivity index (χ3n) is 6.59. The summed E-state index contributed by atoms with van der Waals surface area (Å²) in [6.07, 6.45) is 0. The Hall–Kier alpha value is -3.63. The molecule has 0 saturated carbocycles. The molecule has 208 valence electrons. The Kier molecular flexibility index (Phi) is 10.7. The highest BCUT2D eigenvalue weighted by molar-refractivity contribution is 8.00. The van der Waals surface area contributed by atoms with Crippen LogP contribution in [0, 0.1) is 0 Å². The maximum atomic E-state index is 13.2. The van der Waals surface area contributed by atoms with Crippen molar-refractivity contribution in [3.8, 4) is 5.75 Å². The van der Waals surface area contributed by atoms with Crippen molar-refractivity contribution in [2.75, 3.05) is 25.4 Å². The van der Waals surface area contributed by atoms with Crippen molar-refractivity contribution in [2.45, 2.75) is 45.0 Å². The highest BCUT2D eigenvalue weighted by Gasteiger charge is 2.54. The van der Waals surface area contributed by atoms with Gasteiger partial charge in [0.05, 0.1) is 0 Å². The van der Waals surface area contributed by atoms with Gasteiger partial charge in [-0.05, 0) is 49.8 Å². The molecule has 1 saturated heterocycles. The fraction of sp³-hybridized carbons (Fsp3) is 0.379. The second kappa shape index (κ2) is 14.0. The van der Waals surface area contributed by atoms with Gasteiger partial charge in [-0.2, -0.15) is 0 Å². The number of nitrogens with zero attached hydrogens (tertiary/aromatic N) is 2. The van der Waals surface area contributed by atoms with Crippen molar-refractivity contribution < 1.29 is 29.0 Å². The minimum Gasteiger partial charge on any atom is -0.477 e. The van der Waals surface area contributed by atoms with Crippen LogP contribution < -0.4 is 10.1 Å². The van der Waals surface area contributed by atoms with Gasteiger partial charge >= 0.3 is 11.9 Å². The number of aliphatic carboxylic acids is 1. The van der Waals surface area contributed by atoms with E-state index in [1.807, 2.05) is 0 Å². The van der Waals surface area contributed by atoms with E-state index in [0.717, 1.165) is 0 Å². The Morgan fingerprint density at radius 1 is 1.03 bits per heavy atom. The first-order valence-electron chi connectivity index (χ1n) is 12.9. The third kappa shape index (κ3) is 7.07. The maximum absolute atomic E-state index is 13.2. The van der Waals surface area contributed by atoms with Gasteiger partial charge in [-0.1, -0.05) is 69.3 Å². The van der Waals surface area contributed by atoms with E-state index >= 15 is 0 Å². The number of nitrogens with one attached hydrogen (secondary N) is 1. The van der Waals surface area contributed by atoms with E-state index in [4.69, 9.17) is 4.74 Å². The molecule has 4 rings (SSSR count). The molecule has 2 aliphatic heterocycles. The van der Waals surface area contributed by atoms with Crippen LogP contribution in [0.5, 0.6) is 5.75 Å². The first-order valence-corrected chi connectivity index (χ1v) is 14.0. The molecule has 3 atom stereocenters. The van der Waals surface area contributed by atoms with Crippen molar-refractivity contribution in [2.24, 2.45) is 0 Å². The maximum Gasteiger partial charge on any atom is 0.352 e. The molecule has 2 aliphatic rings. The number of amides is 2. The van der Waals surface area contributed by atoms with Gasteiger partial charge in [0.2, 0.25) is 5.91 Å². The number of para-hydroxylation sites is 1. The first-order chi connectivity index (χ1) is 18.7. The Balaban J connectivity index is 0.000000532. The molecule has 2 aromatic carbocycles. The van der Waals surface area contributed by atoms with Crippen molar-refractivity contribution >= 4 is 35.5 Å². The molecule has 39 heavy (non-hydrogen) atoms. The van der Waals surface area contributed by atoms with E-state index < -0.39 is 41.1 Å². The second-order valence-electron chi connectivity index (χ2n) is 9.03. The van der Waals surface area contributed by atoms with Crippen LogP contribution in [0.4, 0.5) is 0 Å². The fourth-order valence-corrected chi connectivity index (χ4v) is 5.68. The highest BCUT2D eigenvalue weighted by atomic mass is 32.2. The van der Waals surface area contributed by atoms with E-state index in [0.29, 0.717) is 22.6 Å². The Morgan fingerprint density at radius 3 is 2.10 bits per heavy atom. The molecule has 2 amide bonds. The van der Waals surface area contributed by atoms with Crippen LogP contribution in [0.2, 0.25) is 0 Å². The van der Waals surface area contributed by atoms with Gasteiger partial charge in [-0.3, -0.25) is 19.3 Å². The third-order valence-corrected chi connectivity index (χ3v) is 8.02. The molecule has 0 bridgehead atoms. The van der Waals surface area contributed by atoms with Crippen LogP contribution in [0.25, 0.3) is 0 Å². The average Bonchev–Trinajstić information content (AvgIpc) is 2.94. The normalized spacial score (nSPS) is 18.8. The van der Waals surface area contributed by atoms with Crippen molar-refractivity contribution in [3.63, 3.8) is 0 Å². The smallest absolute Gasteiger partial charge is 0.352 e. The molecule has 0 spiro atoms. The number of fused-ring (bicyclic) bond motifs is 1. The number of ether oxygens (including phenoxy) is 1. The van der Waals surface area contributed by atoms with E-state index in [9.17, 15) is 24.3 Å². The average molecular weight is 554 g/mol. The number of esters is 1. The lowest BCUT2D eigenvalue weighted by Crippen LogP contribution is -2.71. The zero-order valence-electron chi connectivity index (χ0n) is 22.6. The number of benzene rings is 2. The molecule has 9 nitrogen and oxygen atoms in total. The number of carboxylic acids is 1. The predicted octanol–water partition coefficient (Wildman–Crippen LogP) is 3.48. The number of carbonyl (C=O) groups is 4. The zero-order valence-corrected chi connectivity index (χ0v) is 23.4. The van der Waals surface area contributed by atoms with Crippen molar-refractivity contribution in [3.05, 3.63) is 77.5 Å². The van der Waals surface area contributed by atoms with Crippen LogP contribution in [0.3, 0.4) is 0 Å². The standard InChI is InChI=1S/C23H20N2O6S.C6H15N/c1-13-12-32-21-17(20(27)25(21)18(13)22(28)29)24-19(26)16(14-8-4-2-5-9-14)23(30)31-15-10-6-3-7-11-15;1-4-7(5-2)6-3/h2-11,16-17,21H,12H2,1H3,(H,24,26)(H,28,29);4-6H2,1-3H3/t16?,17?,21-;/m0./s1. The summed E-state index contributed by atoms with van der Waals surface area (Å²) in [5, 5.41) is 11.6. The number of carboxylic acid groups (broad SMARTS) is 1. The molecule has 10 heteroatoms. The van der Waals surface area contributed by atoms with Gasteiger partial charge in [0.25, 0.3) is 5.91 Å². The zero-order chi connectivity index (χ0) is 28.5. The number of hydrogen-bond donors (Lipinski definition) is 2. The fourth-order valence-electron chi connectivity index (χ4n) is 4.39. The van der Waals surface area contributed by atoms with Crippen LogP contribution in [-0.4, -0.2) is 75.5 Å². The number of β-lactam (4-membered cyclic amide) rings is 1. The summed E-state index contributed by atoms with van der Waals surface area (Å²) in [6.45, 7) is 11.8. The SMILES string of the molecule is CC1=C(C(=O)O)N2C(=O)C(NC(=O)C(C(=O)Oc3ccccc3)c3ccccc3)[C@@H]2SC1.CCN(CC)CC. The Labute approximate surface area is 233 Å². The minimum absolute atomic E-state index is 0.0488. The monoisotopic (exact) mass is 553 g/mol. The van der Waals surface area contributed by atoms with E-state index in [1.54, 1.807) is 67.6 Å². The van der Waals surface area contributed by atoms with Gasteiger partial charge in [0.1, 0.15) is 22.9 Å². The summed E-state index contributed by atoms with van der Waals surface area (Å²) in [5.41, 5.74) is 0.964.